The molecule has 0 saturated heterocycles. The quantitative estimate of drug-likeness (QED) is 0.767. The lowest BCUT2D eigenvalue weighted by atomic mass is 10.2. The van der Waals surface area contributed by atoms with Crippen LogP contribution in [-0.4, -0.2) is 18.3 Å². The van der Waals surface area contributed by atoms with Gasteiger partial charge in [0.1, 0.15) is 11.6 Å². The minimum atomic E-state index is -1.31. The number of amides is 1. The van der Waals surface area contributed by atoms with Gasteiger partial charge in [-0.05, 0) is 18.6 Å². The Morgan fingerprint density at radius 3 is 2.71 bits per heavy atom. The van der Waals surface area contributed by atoms with Crippen LogP contribution in [0.25, 0.3) is 0 Å². The number of hydrogen-bond acceptors (Lipinski definition) is 2. The largest absolute Gasteiger partial charge is 0.496 e. The monoisotopic (exact) mass is 199 g/mol. The molecule has 0 saturated carbocycles. The number of aryl methyl sites for hydroxylation is 1. The number of carboxylic acid groups (broad SMARTS) is 1. The molecule has 0 spiro atoms. The molecule has 2 N–H and O–H groups in total. The summed E-state index contributed by atoms with van der Waals surface area (Å²) >= 11 is 0. The minimum absolute atomic E-state index is 0.111. The number of nitrogens with one attached hydrogen (secondary N) is 1. The van der Waals surface area contributed by atoms with Crippen molar-refractivity contribution in [1.82, 2.24) is 0 Å². The van der Waals surface area contributed by atoms with Gasteiger partial charge in [0.25, 0.3) is 0 Å². The van der Waals surface area contributed by atoms with Crippen molar-refractivity contribution in [3.05, 3.63) is 23.5 Å². The molecule has 1 aromatic rings. The Morgan fingerprint density at radius 1 is 1.57 bits per heavy atom. The van der Waals surface area contributed by atoms with E-state index in [-0.39, 0.29) is 5.69 Å². The van der Waals surface area contributed by atoms with Crippen LogP contribution in [0.4, 0.5) is 14.9 Å². The van der Waals surface area contributed by atoms with Gasteiger partial charge in [-0.25, -0.2) is 9.18 Å². The first kappa shape index (κ1) is 10.3. The van der Waals surface area contributed by atoms with Crippen LogP contribution in [0.1, 0.15) is 5.56 Å². The minimum Gasteiger partial charge on any atom is -0.496 e. The third-order valence-corrected chi connectivity index (χ3v) is 1.73. The second-order valence-corrected chi connectivity index (χ2v) is 2.73. The standard InChI is InChI=1S/C9H10FNO3/c1-5-3-6(10)7(11-9(12)13)4-8(5)14-2/h3-4,11H,1-2H3,(H,12,13). The van der Waals surface area contributed by atoms with E-state index < -0.39 is 11.9 Å². The van der Waals surface area contributed by atoms with Crippen molar-refractivity contribution in [3.8, 4) is 5.75 Å². The van der Waals surface area contributed by atoms with Gasteiger partial charge < -0.3 is 9.84 Å². The molecular weight excluding hydrogens is 189 g/mol. The molecule has 0 aromatic heterocycles. The SMILES string of the molecule is COc1cc(NC(=O)O)c(F)cc1C. The van der Waals surface area contributed by atoms with Gasteiger partial charge in [-0.15, -0.1) is 0 Å². The zero-order valence-electron chi connectivity index (χ0n) is 7.80. The van der Waals surface area contributed by atoms with Gasteiger partial charge in [0.2, 0.25) is 0 Å². The van der Waals surface area contributed by atoms with Crippen molar-refractivity contribution in [3.63, 3.8) is 0 Å². The van der Waals surface area contributed by atoms with E-state index in [1.165, 1.54) is 19.2 Å². The average molecular weight is 199 g/mol. The molecule has 0 heterocycles. The molecule has 1 aromatic carbocycles. The molecule has 0 radical (unpaired) electrons. The molecule has 0 unspecified atom stereocenters. The number of ether oxygens (including phenoxy) is 1. The van der Waals surface area contributed by atoms with E-state index in [2.05, 4.69) is 0 Å². The normalized spacial score (nSPS) is 9.64. The molecule has 14 heavy (non-hydrogen) atoms. The molecule has 0 aliphatic heterocycles. The Bertz CT molecular complexity index is 365. The maximum atomic E-state index is 13.1. The van der Waals surface area contributed by atoms with Gasteiger partial charge in [0.15, 0.2) is 0 Å². The lowest BCUT2D eigenvalue weighted by Crippen LogP contribution is -2.09. The molecular formula is C9H10FNO3. The summed E-state index contributed by atoms with van der Waals surface area (Å²) in [5, 5.41) is 10.3. The van der Waals surface area contributed by atoms with Crippen molar-refractivity contribution < 1.29 is 19.0 Å². The third-order valence-electron chi connectivity index (χ3n) is 1.73. The fourth-order valence-electron chi connectivity index (χ4n) is 1.08. The Hall–Kier alpha value is -1.78. The van der Waals surface area contributed by atoms with Gasteiger partial charge in [-0.1, -0.05) is 0 Å². The van der Waals surface area contributed by atoms with E-state index in [9.17, 15) is 9.18 Å². The van der Waals surface area contributed by atoms with E-state index in [0.29, 0.717) is 11.3 Å². The fraction of sp³-hybridized carbons (Fsp3) is 0.222. The Morgan fingerprint density at radius 2 is 2.21 bits per heavy atom. The van der Waals surface area contributed by atoms with Gasteiger partial charge in [0, 0.05) is 6.07 Å². The number of halogens is 1. The summed E-state index contributed by atoms with van der Waals surface area (Å²) in [4.78, 5) is 10.3. The zero-order chi connectivity index (χ0) is 10.7. The summed E-state index contributed by atoms with van der Waals surface area (Å²) in [6, 6.07) is 2.52. The van der Waals surface area contributed by atoms with Crippen molar-refractivity contribution in [2.45, 2.75) is 6.92 Å². The molecule has 0 bridgehead atoms. The number of benzene rings is 1. The van der Waals surface area contributed by atoms with Crippen LogP contribution in [-0.2, 0) is 0 Å². The summed E-state index contributed by atoms with van der Waals surface area (Å²) in [7, 11) is 1.44. The van der Waals surface area contributed by atoms with Gasteiger partial charge in [0.05, 0.1) is 12.8 Å². The highest BCUT2D eigenvalue weighted by atomic mass is 19.1. The van der Waals surface area contributed by atoms with Crippen LogP contribution in [0.2, 0.25) is 0 Å². The number of rotatable bonds is 2. The summed E-state index contributed by atoms with van der Waals surface area (Å²) in [5.74, 6) is -0.180. The Kier molecular flexibility index (Phi) is 2.91. The maximum absolute atomic E-state index is 13.1. The average Bonchev–Trinajstić information content (AvgIpc) is 2.09. The molecule has 0 atom stereocenters. The van der Waals surface area contributed by atoms with Crippen LogP contribution in [0.3, 0.4) is 0 Å². The first-order valence-electron chi connectivity index (χ1n) is 3.88. The van der Waals surface area contributed by atoms with Crippen LogP contribution < -0.4 is 10.1 Å². The van der Waals surface area contributed by atoms with E-state index >= 15 is 0 Å². The molecule has 1 rings (SSSR count). The van der Waals surface area contributed by atoms with Crippen molar-refractivity contribution in [2.24, 2.45) is 0 Å². The molecule has 0 aliphatic carbocycles. The Labute approximate surface area is 80.3 Å². The predicted molar refractivity (Wildman–Crippen MR) is 49.3 cm³/mol. The number of hydrogen-bond donors (Lipinski definition) is 2. The second kappa shape index (κ2) is 3.95. The summed E-state index contributed by atoms with van der Waals surface area (Å²) in [6.07, 6.45) is -1.31. The second-order valence-electron chi connectivity index (χ2n) is 2.73. The highest BCUT2D eigenvalue weighted by Gasteiger charge is 2.09. The first-order chi connectivity index (χ1) is 6.54. The van der Waals surface area contributed by atoms with Crippen LogP contribution in [0.15, 0.2) is 12.1 Å². The number of anilines is 1. The summed E-state index contributed by atoms with van der Waals surface area (Å²) in [6.45, 7) is 1.67. The molecule has 4 nitrogen and oxygen atoms in total. The van der Waals surface area contributed by atoms with E-state index in [0.717, 1.165) is 0 Å². The van der Waals surface area contributed by atoms with Crippen LogP contribution >= 0.6 is 0 Å². The van der Waals surface area contributed by atoms with Crippen molar-refractivity contribution in [1.29, 1.82) is 0 Å². The molecule has 5 heteroatoms. The third kappa shape index (κ3) is 2.12. The topological polar surface area (TPSA) is 58.6 Å². The maximum Gasteiger partial charge on any atom is 0.409 e. The summed E-state index contributed by atoms with van der Waals surface area (Å²) < 4.78 is 18.1. The van der Waals surface area contributed by atoms with Crippen molar-refractivity contribution >= 4 is 11.8 Å². The van der Waals surface area contributed by atoms with E-state index in [1.807, 2.05) is 5.32 Å². The van der Waals surface area contributed by atoms with Gasteiger partial charge in [-0.2, -0.15) is 0 Å². The predicted octanol–water partition coefficient (Wildman–Crippen LogP) is 2.23. The smallest absolute Gasteiger partial charge is 0.409 e. The lowest BCUT2D eigenvalue weighted by Gasteiger charge is -2.08. The van der Waals surface area contributed by atoms with Gasteiger partial charge >= 0.3 is 6.09 Å². The van der Waals surface area contributed by atoms with Crippen LogP contribution in [0.5, 0.6) is 5.75 Å². The van der Waals surface area contributed by atoms with Crippen molar-refractivity contribution in [2.75, 3.05) is 12.4 Å². The van der Waals surface area contributed by atoms with E-state index in [1.54, 1.807) is 6.92 Å². The van der Waals surface area contributed by atoms with Gasteiger partial charge in [-0.3, -0.25) is 5.32 Å². The molecule has 1 amide bonds. The molecule has 0 aliphatic rings. The Balaban J connectivity index is 3.10. The number of methoxy groups -OCH3 is 1. The lowest BCUT2D eigenvalue weighted by molar-refractivity contribution is 0.209. The van der Waals surface area contributed by atoms with E-state index in [4.69, 9.17) is 9.84 Å². The molecule has 76 valence electrons. The summed E-state index contributed by atoms with van der Waals surface area (Å²) in [5.41, 5.74) is 0.501. The molecule has 0 fully saturated rings. The highest BCUT2D eigenvalue weighted by molar-refractivity contribution is 5.83. The number of carbonyl (C=O) groups is 1. The first-order valence-corrected chi connectivity index (χ1v) is 3.88. The zero-order valence-corrected chi connectivity index (χ0v) is 7.80. The fourth-order valence-corrected chi connectivity index (χ4v) is 1.08. The highest BCUT2D eigenvalue weighted by Crippen LogP contribution is 2.25. The van der Waals surface area contributed by atoms with Crippen LogP contribution in [0, 0.1) is 12.7 Å².